The van der Waals surface area contributed by atoms with Gasteiger partial charge in [0.25, 0.3) is 5.91 Å². The number of amides is 2. The van der Waals surface area contributed by atoms with E-state index in [1.165, 1.54) is 44.9 Å². The number of rotatable bonds is 7. The molecule has 1 unspecified atom stereocenters. The van der Waals surface area contributed by atoms with Gasteiger partial charge in [0.05, 0.1) is 5.56 Å². The Kier molecular flexibility index (Phi) is 11.8. The number of carbonyl (C=O) groups excluding carboxylic acids is 2. The summed E-state index contributed by atoms with van der Waals surface area (Å²) in [4.78, 5) is 42.0. The molecule has 260 valence electrons. The summed E-state index contributed by atoms with van der Waals surface area (Å²) in [5.41, 5.74) is 0.464. The highest BCUT2D eigenvalue weighted by molar-refractivity contribution is 5.95. The molecular formula is C34H52F3N3O6. The van der Waals surface area contributed by atoms with Crippen LogP contribution in [0.1, 0.15) is 113 Å². The molecule has 1 aromatic heterocycles. The third-order valence-corrected chi connectivity index (χ3v) is 10.9. The molecule has 0 bridgehead atoms. The Morgan fingerprint density at radius 3 is 2.15 bits per heavy atom. The Morgan fingerprint density at radius 1 is 1.02 bits per heavy atom. The second kappa shape index (κ2) is 15.0. The smallest absolute Gasteiger partial charge is 0.475 e. The predicted molar refractivity (Wildman–Crippen MR) is 167 cm³/mol. The number of furan rings is 1. The fourth-order valence-corrected chi connectivity index (χ4v) is 7.92. The summed E-state index contributed by atoms with van der Waals surface area (Å²) in [5, 5.41) is 7.12. The highest BCUT2D eigenvalue weighted by Crippen LogP contribution is 2.44. The molecule has 46 heavy (non-hydrogen) atoms. The summed E-state index contributed by atoms with van der Waals surface area (Å²) >= 11 is 0. The van der Waals surface area contributed by atoms with Gasteiger partial charge >= 0.3 is 18.2 Å². The van der Waals surface area contributed by atoms with Crippen molar-refractivity contribution in [3.63, 3.8) is 0 Å². The molecule has 9 nitrogen and oxygen atoms in total. The first-order valence-corrected chi connectivity index (χ1v) is 17.1. The van der Waals surface area contributed by atoms with Gasteiger partial charge in [-0.05, 0) is 64.9 Å². The van der Waals surface area contributed by atoms with Gasteiger partial charge in [-0.3, -0.25) is 9.69 Å². The number of hydrogen-bond donors (Lipinski definition) is 1. The molecule has 1 N–H and O–H groups in total. The minimum absolute atomic E-state index is 0.0652. The maximum atomic E-state index is 13.3. The van der Waals surface area contributed by atoms with Crippen LogP contribution in [0.3, 0.4) is 0 Å². The molecule has 3 aliphatic heterocycles. The van der Waals surface area contributed by atoms with Gasteiger partial charge in [0.2, 0.25) is 0 Å². The molecule has 5 rings (SSSR count). The number of carbonyl (C=O) groups is 3. The number of likely N-dealkylation sites (tertiary alicyclic amines) is 2. The van der Waals surface area contributed by atoms with Gasteiger partial charge in [-0.15, -0.1) is 0 Å². The second-order valence-corrected chi connectivity index (χ2v) is 14.1. The Bertz CT molecular complexity index is 1200. The van der Waals surface area contributed by atoms with Gasteiger partial charge in [0, 0.05) is 63.6 Å². The Balaban J connectivity index is 0.000000617. The molecule has 1 aromatic rings. The number of aliphatic carboxylic acids is 1. The SMILES string of the molecule is CCCCC1CN(CC2CCCCC2)C(=O)OC12CCN(C1(C)CCN(C(=O)c3cc(C)oc3C)CC1)CC2.O=C(O)C(F)(F)F. The fraction of sp³-hybridized carbons (Fsp3) is 0.794. The average molecular weight is 656 g/mol. The monoisotopic (exact) mass is 655 g/mol. The molecule has 4 heterocycles. The van der Waals surface area contributed by atoms with Gasteiger partial charge in [0.1, 0.15) is 17.1 Å². The van der Waals surface area contributed by atoms with Crippen LogP contribution in [0.2, 0.25) is 0 Å². The molecule has 1 atom stereocenters. The van der Waals surface area contributed by atoms with Crippen molar-refractivity contribution < 1.29 is 41.8 Å². The standard InChI is InChI=1S/C32H51N3O4.C2HF3O2/c1-5-6-12-27-23-34(22-26-10-8-7-9-11-26)30(37)39-32(27)15-19-35(20-16-32)31(4)13-17-33(18-14-31)29(36)28-21-24(2)38-25(28)3;3-2(4,5)1(6)7/h21,26-27H,5-20,22-23H2,1-4H3;(H,6,7). The summed E-state index contributed by atoms with van der Waals surface area (Å²) in [6.45, 7) is 13.6. The van der Waals surface area contributed by atoms with E-state index in [2.05, 4.69) is 23.6 Å². The van der Waals surface area contributed by atoms with Crippen molar-refractivity contribution in [2.45, 2.75) is 122 Å². The van der Waals surface area contributed by atoms with Crippen LogP contribution in [-0.4, -0.2) is 94.4 Å². The van der Waals surface area contributed by atoms with Crippen molar-refractivity contribution in [2.75, 3.05) is 39.3 Å². The van der Waals surface area contributed by atoms with Gasteiger partial charge in [-0.1, -0.05) is 39.0 Å². The average Bonchev–Trinajstić information content (AvgIpc) is 3.36. The van der Waals surface area contributed by atoms with Crippen molar-refractivity contribution in [3.05, 3.63) is 23.2 Å². The molecule has 3 saturated heterocycles. The van der Waals surface area contributed by atoms with Crippen LogP contribution in [0.15, 0.2) is 10.5 Å². The highest BCUT2D eigenvalue weighted by Gasteiger charge is 2.51. The van der Waals surface area contributed by atoms with Crippen molar-refractivity contribution in [1.29, 1.82) is 0 Å². The van der Waals surface area contributed by atoms with Gasteiger partial charge in [-0.25, -0.2) is 9.59 Å². The molecule has 1 saturated carbocycles. The van der Waals surface area contributed by atoms with Crippen LogP contribution in [0.25, 0.3) is 0 Å². The molecule has 0 aromatic carbocycles. The zero-order chi connectivity index (χ0) is 33.7. The minimum Gasteiger partial charge on any atom is -0.475 e. The normalized spacial score (nSPS) is 23.9. The van der Waals surface area contributed by atoms with Crippen molar-refractivity contribution in [2.24, 2.45) is 11.8 Å². The number of hydrogen-bond acceptors (Lipinski definition) is 6. The summed E-state index contributed by atoms with van der Waals surface area (Å²) in [6, 6.07) is 1.87. The van der Waals surface area contributed by atoms with E-state index < -0.39 is 12.1 Å². The molecule has 0 radical (unpaired) electrons. The lowest BCUT2D eigenvalue weighted by Crippen LogP contribution is -2.63. The zero-order valence-electron chi connectivity index (χ0n) is 27.9. The van der Waals surface area contributed by atoms with Crippen LogP contribution in [0, 0.1) is 25.7 Å². The maximum Gasteiger partial charge on any atom is 0.490 e. The third-order valence-electron chi connectivity index (χ3n) is 10.9. The van der Waals surface area contributed by atoms with E-state index in [9.17, 15) is 22.8 Å². The lowest BCUT2D eigenvalue weighted by Gasteiger charge is -2.55. The number of ether oxygens (including phenoxy) is 1. The van der Waals surface area contributed by atoms with E-state index in [1.807, 2.05) is 24.8 Å². The van der Waals surface area contributed by atoms with E-state index >= 15 is 0 Å². The molecule has 4 fully saturated rings. The number of aryl methyl sites for hydroxylation is 2. The maximum absolute atomic E-state index is 13.3. The van der Waals surface area contributed by atoms with Crippen molar-refractivity contribution in [1.82, 2.24) is 14.7 Å². The number of carboxylic acid groups (broad SMARTS) is 1. The molecule has 1 spiro atoms. The van der Waals surface area contributed by atoms with Crippen LogP contribution in [0.4, 0.5) is 18.0 Å². The third kappa shape index (κ3) is 8.58. The van der Waals surface area contributed by atoms with E-state index in [1.54, 1.807) is 0 Å². The second-order valence-electron chi connectivity index (χ2n) is 14.1. The van der Waals surface area contributed by atoms with Crippen molar-refractivity contribution >= 4 is 18.0 Å². The predicted octanol–water partition coefficient (Wildman–Crippen LogP) is 7.20. The number of nitrogens with zero attached hydrogens (tertiary/aromatic N) is 3. The summed E-state index contributed by atoms with van der Waals surface area (Å²) in [7, 11) is 0. The van der Waals surface area contributed by atoms with Gasteiger partial charge in [-0.2, -0.15) is 13.2 Å². The molecule has 1 aliphatic carbocycles. The minimum atomic E-state index is -5.08. The summed E-state index contributed by atoms with van der Waals surface area (Å²) < 4.78 is 43.8. The number of alkyl halides is 3. The first-order valence-electron chi connectivity index (χ1n) is 17.1. The first-order chi connectivity index (χ1) is 21.7. The van der Waals surface area contributed by atoms with Gasteiger partial charge < -0.3 is 24.1 Å². The van der Waals surface area contributed by atoms with Crippen LogP contribution in [-0.2, 0) is 9.53 Å². The number of unbranched alkanes of at least 4 members (excludes halogenated alkanes) is 1. The largest absolute Gasteiger partial charge is 0.490 e. The molecular weight excluding hydrogens is 603 g/mol. The summed E-state index contributed by atoms with van der Waals surface area (Å²) in [6.07, 6.45) is 8.63. The quantitative estimate of drug-likeness (QED) is 0.332. The lowest BCUT2D eigenvalue weighted by molar-refractivity contribution is -0.192. The number of carboxylic acids is 1. The van der Waals surface area contributed by atoms with Crippen LogP contribution >= 0.6 is 0 Å². The molecule has 12 heteroatoms. The van der Waals surface area contributed by atoms with Crippen LogP contribution in [0.5, 0.6) is 0 Å². The van der Waals surface area contributed by atoms with Crippen LogP contribution < -0.4 is 0 Å². The zero-order valence-corrected chi connectivity index (χ0v) is 27.9. The Hall–Kier alpha value is -2.76. The molecule has 4 aliphatic rings. The lowest BCUT2D eigenvalue weighted by atomic mass is 9.74. The van der Waals surface area contributed by atoms with E-state index in [-0.39, 0.29) is 23.1 Å². The van der Waals surface area contributed by atoms with Gasteiger partial charge in [0.15, 0.2) is 0 Å². The number of piperidine rings is 2. The molecule has 2 amide bonds. The van der Waals surface area contributed by atoms with E-state index in [0.29, 0.717) is 23.2 Å². The fourth-order valence-electron chi connectivity index (χ4n) is 7.92. The van der Waals surface area contributed by atoms with E-state index in [0.717, 1.165) is 77.1 Å². The van der Waals surface area contributed by atoms with Crippen molar-refractivity contribution in [3.8, 4) is 0 Å². The highest BCUT2D eigenvalue weighted by atomic mass is 19.4. The Labute approximate surface area is 270 Å². The topological polar surface area (TPSA) is 104 Å². The van der Waals surface area contributed by atoms with E-state index in [4.69, 9.17) is 19.1 Å². The number of halogens is 3. The first kappa shape index (κ1) is 36.1. The Morgan fingerprint density at radius 2 is 1.63 bits per heavy atom. The summed E-state index contributed by atoms with van der Waals surface area (Å²) in [5.74, 6) is -0.0908.